The summed E-state index contributed by atoms with van der Waals surface area (Å²) < 4.78 is 40.3. The van der Waals surface area contributed by atoms with Gasteiger partial charge in [0.05, 0.1) is 5.75 Å². The zero-order chi connectivity index (χ0) is 21.4. The van der Waals surface area contributed by atoms with Gasteiger partial charge < -0.3 is 10.2 Å². The minimum Gasteiger partial charge on any atom is -0.352 e. The van der Waals surface area contributed by atoms with E-state index in [1.165, 1.54) is 12.1 Å². The molecule has 0 spiro atoms. The van der Waals surface area contributed by atoms with Crippen LogP contribution >= 0.6 is 0 Å². The molecule has 0 aliphatic carbocycles. The van der Waals surface area contributed by atoms with Gasteiger partial charge >= 0.3 is 0 Å². The summed E-state index contributed by atoms with van der Waals surface area (Å²) in [7, 11) is 0.167. The molecule has 2 rings (SSSR count). The van der Waals surface area contributed by atoms with E-state index >= 15 is 0 Å². The van der Waals surface area contributed by atoms with Gasteiger partial charge in [0, 0.05) is 33.2 Å². The first-order chi connectivity index (χ1) is 13.7. The van der Waals surface area contributed by atoms with Crippen LogP contribution in [0.25, 0.3) is 0 Å². The fraction of sp³-hybridized carbons (Fsp3) is 0.381. The van der Waals surface area contributed by atoms with Crippen LogP contribution in [0.15, 0.2) is 53.5 Å². The minimum absolute atomic E-state index is 0.0763. The molecule has 0 saturated carbocycles. The van der Waals surface area contributed by atoms with Gasteiger partial charge in [-0.1, -0.05) is 36.4 Å². The molecule has 158 valence electrons. The summed E-state index contributed by atoms with van der Waals surface area (Å²) in [6.07, 6.45) is 0. The number of rotatable bonds is 8. The molecule has 6 nitrogen and oxygen atoms in total. The zero-order valence-corrected chi connectivity index (χ0v) is 18.1. The minimum atomic E-state index is -3.41. The average molecular weight is 421 g/mol. The highest BCUT2D eigenvalue weighted by atomic mass is 32.2. The molecule has 0 fully saturated rings. The molecular formula is C21H29FN4O2S. The van der Waals surface area contributed by atoms with Crippen molar-refractivity contribution < 1.29 is 12.8 Å². The molecule has 0 unspecified atom stereocenters. The van der Waals surface area contributed by atoms with Crippen LogP contribution in [0.1, 0.15) is 30.5 Å². The van der Waals surface area contributed by atoms with Crippen LogP contribution in [0.5, 0.6) is 0 Å². The van der Waals surface area contributed by atoms with E-state index in [1.807, 2.05) is 36.2 Å². The van der Waals surface area contributed by atoms with Crippen molar-refractivity contribution in [3.8, 4) is 0 Å². The van der Waals surface area contributed by atoms with Gasteiger partial charge in [-0.05, 0) is 42.7 Å². The summed E-state index contributed by atoms with van der Waals surface area (Å²) >= 11 is 0. The Morgan fingerprint density at radius 2 is 1.72 bits per heavy atom. The Morgan fingerprint density at radius 3 is 2.31 bits per heavy atom. The topological polar surface area (TPSA) is 73.8 Å². The fourth-order valence-corrected chi connectivity index (χ4v) is 4.47. The molecule has 0 radical (unpaired) electrons. The lowest BCUT2D eigenvalue weighted by Crippen LogP contribution is -2.38. The summed E-state index contributed by atoms with van der Waals surface area (Å²) in [6.45, 7) is 4.60. The predicted molar refractivity (Wildman–Crippen MR) is 115 cm³/mol. The summed E-state index contributed by atoms with van der Waals surface area (Å²) in [6, 6.07) is 13.6. The lowest BCUT2D eigenvalue weighted by atomic mass is 10.1. The second kappa shape index (κ2) is 10.4. The van der Waals surface area contributed by atoms with E-state index in [-0.39, 0.29) is 17.6 Å². The van der Waals surface area contributed by atoms with Gasteiger partial charge in [0.2, 0.25) is 10.0 Å². The monoisotopic (exact) mass is 420 g/mol. The van der Waals surface area contributed by atoms with Crippen molar-refractivity contribution in [1.29, 1.82) is 0 Å². The van der Waals surface area contributed by atoms with E-state index in [0.717, 1.165) is 16.7 Å². The predicted octanol–water partition coefficient (Wildman–Crippen LogP) is 2.86. The number of benzene rings is 2. The van der Waals surface area contributed by atoms with Crippen LogP contribution in [0.3, 0.4) is 0 Å². The van der Waals surface area contributed by atoms with Crippen LogP contribution in [0.2, 0.25) is 0 Å². The molecule has 2 aromatic rings. The Bertz CT molecular complexity index is 928. The smallest absolute Gasteiger partial charge is 0.216 e. The molecule has 2 N–H and O–H groups in total. The van der Waals surface area contributed by atoms with Crippen molar-refractivity contribution in [2.24, 2.45) is 4.99 Å². The van der Waals surface area contributed by atoms with Crippen molar-refractivity contribution in [3.05, 3.63) is 71.0 Å². The molecule has 0 heterocycles. The van der Waals surface area contributed by atoms with Crippen LogP contribution in [-0.4, -0.2) is 39.4 Å². The lowest BCUT2D eigenvalue weighted by molar-refractivity contribution is 0.476. The number of hydrogen-bond donors (Lipinski definition) is 2. The van der Waals surface area contributed by atoms with Crippen LogP contribution in [-0.2, 0) is 28.9 Å². The summed E-state index contributed by atoms with van der Waals surface area (Å²) in [4.78, 5) is 6.21. The third-order valence-electron chi connectivity index (χ3n) is 4.22. The van der Waals surface area contributed by atoms with E-state index in [4.69, 9.17) is 0 Å². The maximum Gasteiger partial charge on any atom is 0.216 e. The van der Waals surface area contributed by atoms with Gasteiger partial charge in [-0.25, -0.2) is 17.5 Å². The van der Waals surface area contributed by atoms with E-state index in [9.17, 15) is 12.8 Å². The van der Waals surface area contributed by atoms with Crippen LogP contribution < -0.4 is 10.0 Å². The van der Waals surface area contributed by atoms with Crippen LogP contribution in [0.4, 0.5) is 4.39 Å². The number of halogens is 1. The second-order valence-corrected chi connectivity index (χ2v) is 8.94. The van der Waals surface area contributed by atoms with Gasteiger partial charge in [0.1, 0.15) is 5.82 Å². The van der Waals surface area contributed by atoms with Gasteiger partial charge in [-0.3, -0.25) is 4.99 Å². The maximum atomic E-state index is 13.1. The Labute approximate surface area is 172 Å². The molecule has 0 aliphatic rings. The molecule has 0 atom stereocenters. The molecule has 0 aliphatic heterocycles. The highest BCUT2D eigenvalue weighted by Crippen LogP contribution is 2.13. The number of aliphatic imine (C=N–C) groups is 1. The van der Waals surface area contributed by atoms with Crippen molar-refractivity contribution in [1.82, 2.24) is 14.9 Å². The van der Waals surface area contributed by atoms with Gasteiger partial charge in [0.25, 0.3) is 0 Å². The third-order valence-corrected chi connectivity index (χ3v) is 5.74. The number of nitrogens with zero attached hydrogens (tertiary/aromatic N) is 2. The molecule has 0 saturated heterocycles. The third kappa shape index (κ3) is 7.47. The molecule has 2 aromatic carbocycles. The lowest BCUT2D eigenvalue weighted by Gasteiger charge is -2.23. The fourth-order valence-electron chi connectivity index (χ4n) is 2.97. The largest absolute Gasteiger partial charge is 0.352 e. The quantitative estimate of drug-likeness (QED) is 0.509. The Balaban J connectivity index is 2.05. The standard InChI is InChI=1S/C21H29FN4O2S/c1-16(2)25-29(27,28)15-19-8-6-5-7-18(19)13-24-21(23-3)26(4)14-17-9-11-20(22)12-10-17/h5-12,16,25H,13-15H2,1-4H3,(H,23,24). The van der Waals surface area contributed by atoms with Crippen molar-refractivity contribution in [3.63, 3.8) is 0 Å². The zero-order valence-electron chi connectivity index (χ0n) is 17.3. The van der Waals surface area contributed by atoms with Gasteiger partial charge in [0.15, 0.2) is 5.96 Å². The molecule has 29 heavy (non-hydrogen) atoms. The van der Waals surface area contributed by atoms with E-state index in [2.05, 4.69) is 15.0 Å². The highest BCUT2D eigenvalue weighted by molar-refractivity contribution is 7.88. The summed E-state index contributed by atoms with van der Waals surface area (Å²) in [5.41, 5.74) is 2.59. The second-order valence-electron chi connectivity index (χ2n) is 7.18. The highest BCUT2D eigenvalue weighted by Gasteiger charge is 2.16. The van der Waals surface area contributed by atoms with E-state index in [0.29, 0.717) is 19.0 Å². The van der Waals surface area contributed by atoms with Crippen molar-refractivity contribution >= 4 is 16.0 Å². The average Bonchev–Trinajstić information content (AvgIpc) is 2.64. The summed E-state index contributed by atoms with van der Waals surface area (Å²) in [5, 5.41) is 3.27. The first-order valence-corrected chi connectivity index (χ1v) is 11.1. The Hall–Kier alpha value is -2.45. The number of sulfonamides is 1. The number of nitrogens with one attached hydrogen (secondary N) is 2. The molecule has 0 aromatic heterocycles. The first kappa shape index (κ1) is 22.8. The molecule has 0 amide bonds. The first-order valence-electron chi connectivity index (χ1n) is 9.43. The Kier molecular flexibility index (Phi) is 8.16. The molecular weight excluding hydrogens is 391 g/mol. The normalized spacial score (nSPS) is 12.3. The number of guanidine groups is 1. The van der Waals surface area contributed by atoms with E-state index in [1.54, 1.807) is 33.0 Å². The van der Waals surface area contributed by atoms with Gasteiger partial charge in [-0.2, -0.15) is 0 Å². The van der Waals surface area contributed by atoms with Crippen molar-refractivity contribution in [2.75, 3.05) is 14.1 Å². The summed E-state index contributed by atoms with van der Waals surface area (Å²) in [5.74, 6) is 0.317. The van der Waals surface area contributed by atoms with Crippen molar-refractivity contribution in [2.45, 2.75) is 38.7 Å². The van der Waals surface area contributed by atoms with Crippen LogP contribution in [0, 0.1) is 5.82 Å². The SMILES string of the molecule is CN=C(NCc1ccccc1CS(=O)(=O)NC(C)C)N(C)Cc1ccc(F)cc1. The molecule has 0 bridgehead atoms. The Morgan fingerprint density at radius 1 is 1.10 bits per heavy atom. The maximum absolute atomic E-state index is 13.1. The number of hydrogen-bond acceptors (Lipinski definition) is 3. The van der Waals surface area contributed by atoms with Gasteiger partial charge in [-0.15, -0.1) is 0 Å². The molecule has 8 heteroatoms. The van der Waals surface area contributed by atoms with E-state index < -0.39 is 10.0 Å².